The molecule has 0 aliphatic heterocycles. The number of hydrogen-bond donors (Lipinski definition) is 0. The number of methoxy groups -OCH3 is 1. The number of rotatable bonds is 9. The Morgan fingerprint density at radius 2 is 1.86 bits per heavy atom. The predicted molar refractivity (Wildman–Crippen MR) is 111 cm³/mol. The highest BCUT2D eigenvalue weighted by Gasteiger charge is 2.40. The fourth-order valence-electron chi connectivity index (χ4n) is 3.39. The van der Waals surface area contributed by atoms with Crippen LogP contribution in [0, 0.1) is 5.92 Å². The molecule has 0 atom stereocenters. The Bertz CT molecular complexity index is 959. The fraction of sp³-hybridized carbons (Fsp3) is 0.476. The van der Waals surface area contributed by atoms with Gasteiger partial charge >= 0.3 is 5.97 Å². The second-order valence-electron chi connectivity index (χ2n) is 7.64. The molecule has 2 aliphatic rings. The molecule has 2 fully saturated rings. The van der Waals surface area contributed by atoms with Crippen LogP contribution >= 0.6 is 11.3 Å². The average molecular weight is 436 g/mol. The van der Waals surface area contributed by atoms with Crippen LogP contribution in [0.4, 0.5) is 0 Å². The summed E-state index contributed by atoms with van der Waals surface area (Å²) in [4.78, 5) is 12.1. The van der Waals surface area contributed by atoms with E-state index in [0.717, 1.165) is 42.1 Å². The maximum atomic E-state index is 13.3. The van der Waals surface area contributed by atoms with Crippen molar-refractivity contribution in [1.29, 1.82) is 0 Å². The minimum absolute atomic E-state index is 0.0278. The smallest absolute Gasteiger partial charge is 0.349 e. The first-order chi connectivity index (χ1) is 14.0. The third kappa shape index (κ3) is 4.49. The zero-order valence-corrected chi connectivity index (χ0v) is 18.0. The third-order valence-corrected chi connectivity index (χ3v) is 8.48. The van der Waals surface area contributed by atoms with Crippen LogP contribution in [0.5, 0.6) is 5.75 Å². The molecule has 6 nitrogen and oxygen atoms in total. The van der Waals surface area contributed by atoms with Gasteiger partial charge in [0.1, 0.15) is 15.5 Å². The van der Waals surface area contributed by atoms with Crippen LogP contribution in [0.15, 0.2) is 40.6 Å². The van der Waals surface area contributed by atoms with E-state index in [4.69, 9.17) is 9.47 Å². The second kappa shape index (κ2) is 8.45. The molecule has 8 heteroatoms. The topological polar surface area (TPSA) is 72.9 Å². The van der Waals surface area contributed by atoms with E-state index in [1.54, 1.807) is 5.38 Å². The van der Waals surface area contributed by atoms with Gasteiger partial charge in [-0.1, -0.05) is 18.6 Å². The van der Waals surface area contributed by atoms with Crippen LogP contribution in [0.2, 0.25) is 0 Å². The molecule has 2 saturated carbocycles. The molecule has 4 rings (SSSR count). The van der Waals surface area contributed by atoms with Crippen molar-refractivity contribution >= 4 is 27.3 Å². The molecule has 2 aromatic rings. The highest BCUT2D eigenvalue weighted by molar-refractivity contribution is 7.89. The number of sulfonamides is 1. The molecule has 156 valence electrons. The van der Waals surface area contributed by atoms with E-state index in [9.17, 15) is 13.2 Å². The molecule has 0 spiro atoms. The van der Waals surface area contributed by atoms with Gasteiger partial charge in [-0.15, -0.1) is 11.3 Å². The summed E-state index contributed by atoms with van der Waals surface area (Å²) in [5, 5.41) is 1.61. The Morgan fingerprint density at radius 1 is 1.14 bits per heavy atom. The number of benzene rings is 1. The van der Waals surface area contributed by atoms with Gasteiger partial charge in [-0.25, -0.2) is 13.2 Å². The van der Waals surface area contributed by atoms with E-state index in [1.807, 2.05) is 24.3 Å². The molecule has 1 aromatic heterocycles. The first-order valence-corrected chi connectivity index (χ1v) is 12.2. The summed E-state index contributed by atoms with van der Waals surface area (Å²) in [5.74, 6) is 0.856. The van der Waals surface area contributed by atoms with Crippen molar-refractivity contribution in [2.75, 3.05) is 13.7 Å². The molecule has 0 N–H and O–H groups in total. The van der Waals surface area contributed by atoms with Gasteiger partial charge in [0, 0.05) is 12.6 Å². The number of hydrogen-bond acceptors (Lipinski definition) is 6. The van der Waals surface area contributed by atoms with Gasteiger partial charge in [0.2, 0.25) is 10.0 Å². The number of ether oxygens (including phenoxy) is 2. The highest BCUT2D eigenvalue weighted by atomic mass is 32.2. The lowest BCUT2D eigenvalue weighted by Crippen LogP contribution is -2.33. The largest absolute Gasteiger partial charge is 0.493 e. The summed E-state index contributed by atoms with van der Waals surface area (Å²) in [6.45, 7) is 1.02. The monoisotopic (exact) mass is 435 g/mol. The van der Waals surface area contributed by atoms with Crippen molar-refractivity contribution in [3.8, 4) is 5.75 Å². The summed E-state index contributed by atoms with van der Waals surface area (Å²) in [6, 6.07) is 9.08. The first kappa shape index (κ1) is 20.4. The standard InChI is InChI=1S/C21H25NO5S2/c1-26-21(23)20-19(11-12-28-20)29(24,25)22(17-7-8-17)13-15-5-9-18(10-6-15)27-14-16-3-2-4-16/h5-6,9-12,16-17H,2-4,7-8,13-14H2,1H3. The van der Waals surface area contributed by atoms with E-state index in [0.29, 0.717) is 5.92 Å². The minimum atomic E-state index is -3.79. The Hall–Kier alpha value is -1.90. The number of carbonyl (C=O) groups excluding carboxylic acids is 1. The maximum absolute atomic E-state index is 13.3. The van der Waals surface area contributed by atoms with Gasteiger partial charge in [-0.05, 0) is 60.7 Å². The van der Waals surface area contributed by atoms with Crippen LogP contribution in [0.3, 0.4) is 0 Å². The average Bonchev–Trinajstić information content (AvgIpc) is 3.39. The molecular formula is C21H25NO5S2. The highest BCUT2D eigenvalue weighted by Crippen LogP contribution is 2.36. The molecule has 1 aromatic carbocycles. The van der Waals surface area contributed by atoms with Gasteiger partial charge in [-0.3, -0.25) is 0 Å². The first-order valence-electron chi connectivity index (χ1n) is 9.88. The van der Waals surface area contributed by atoms with Gasteiger partial charge < -0.3 is 9.47 Å². The van der Waals surface area contributed by atoms with Crippen molar-refractivity contribution in [3.05, 3.63) is 46.2 Å². The van der Waals surface area contributed by atoms with Crippen LogP contribution in [0.25, 0.3) is 0 Å². The van der Waals surface area contributed by atoms with E-state index in [-0.39, 0.29) is 22.4 Å². The Balaban J connectivity index is 1.49. The van der Waals surface area contributed by atoms with Crippen molar-refractivity contribution < 1.29 is 22.7 Å². The summed E-state index contributed by atoms with van der Waals surface area (Å²) in [5.41, 5.74) is 0.895. The molecule has 0 saturated heterocycles. The van der Waals surface area contributed by atoms with Crippen LogP contribution < -0.4 is 4.74 Å². The zero-order valence-electron chi connectivity index (χ0n) is 16.4. The van der Waals surface area contributed by atoms with Crippen molar-refractivity contribution in [2.45, 2.75) is 49.6 Å². The minimum Gasteiger partial charge on any atom is -0.493 e. The molecule has 29 heavy (non-hydrogen) atoms. The zero-order chi connectivity index (χ0) is 20.4. The molecule has 0 bridgehead atoms. The lowest BCUT2D eigenvalue weighted by molar-refractivity contribution is 0.0602. The quantitative estimate of drug-likeness (QED) is 0.555. The van der Waals surface area contributed by atoms with Gasteiger partial charge in [-0.2, -0.15) is 4.31 Å². The summed E-state index contributed by atoms with van der Waals surface area (Å²) >= 11 is 1.08. The Labute approximate surface area is 175 Å². The van der Waals surface area contributed by atoms with Crippen molar-refractivity contribution in [3.63, 3.8) is 0 Å². The van der Waals surface area contributed by atoms with E-state index in [1.165, 1.54) is 36.7 Å². The Kier molecular flexibility index (Phi) is 5.94. The summed E-state index contributed by atoms with van der Waals surface area (Å²) in [7, 11) is -2.54. The van der Waals surface area contributed by atoms with Crippen LogP contribution in [-0.4, -0.2) is 38.5 Å². The summed E-state index contributed by atoms with van der Waals surface area (Å²) in [6.07, 6.45) is 5.43. The number of esters is 1. The normalized spacial score (nSPS) is 17.2. The van der Waals surface area contributed by atoms with Crippen LogP contribution in [-0.2, 0) is 21.3 Å². The molecule has 0 amide bonds. The molecule has 0 unspecified atom stereocenters. The maximum Gasteiger partial charge on any atom is 0.349 e. The SMILES string of the molecule is COC(=O)c1sccc1S(=O)(=O)N(Cc1ccc(OCC2CCC2)cc1)C1CC1. The molecule has 0 radical (unpaired) electrons. The van der Waals surface area contributed by atoms with E-state index < -0.39 is 16.0 Å². The number of carbonyl (C=O) groups is 1. The predicted octanol–water partition coefficient (Wildman–Crippen LogP) is 4.07. The van der Waals surface area contributed by atoms with Crippen molar-refractivity contribution in [1.82, 2.24) is 4.31 Å². The third-order valence-electron chi connectivity index (χ3n) is 5.51. The van der Waals surface area contributed by atoms with Crippen LogP contribution in [0.1, 0.15) is 47.3 Å². The fourth-order valence-corrected chi connectivity index (χ4v) is 6.37. The van der Waals surface area contributed by atoms with Crippen molar-refractivity contribution in [2.24, 2.45) is 5.92 Å². The van der Waals surface area contributed by atoms with Gasteiger partial charge in [0.05, 0.1) is 13.7 Å². The Morgan fingerprint density at radius 3 is 2.45 bits per heavy atom. The lowest BCUT2D eigenvalue weighted by atomic mass is 9.86. The van der Waals surface area contributed by atoms with E-state index in [2.05, 4.69) is 0 Å². The molecular weight excluding hydrogens is 410 g/mol. The summed E-state index contributed by atoms with van der Waals surface area (Å²) < 4.78 is 38.7. The van der Waals surface area contributed by atoms with E-state index >= 15 is 0 Å². The molecule has 2 aliphatic carbocycles. The lowest BCUT2D eigenvalue weighted by Gasteiger charge is -2.25. The second-order valence-corrected chi connectivity index (χ2v) is 10.4. The molecule has 1 heterocycles. The van der Waals surface area contributed by atoms with Gasteiger partial charge in [0.15, 0.2) is 0 Å². The number of thiophene rings is 1. The number of nitrogens with zero attached hydrogens (tertiary/aromatic N) is 1. The van der Waals surface area contributed by atoms with Gasteiger partial charge in [0.25, 0.3) is 0 Å².